The first kappa shape index (κ1) is 20.1. The van der Waals surface area contributed by atoms with Gasteiger partial charge in [0, 0.05) is 35.9 Å². The van der Waals surface area contributed by atoms with Gasteiger partial charge in [0.05, 0.1) is 5.56 Å². The van der Waals surface area contributed by atoms with Crippen molar-refractivity contribution in [2.45, 2.75) is 20.8 Å². The highest BCUT2D eigenvalue weighted by Gasteiger charge is 2.17. The van der Waals surface area contributed by atoms with Crippen LogP contribution in [0.2, 0.25) is 0 Å². The molecule has 0 aliphatic rings. The van der Waals surface area contributed by atoms with Gasteiger partial charge >= 0.3 is 11.6 Å². The van der Waals surface area contributed by atoms with Gasteiger partial charge in [-0.15, -0.1) is 0 Å². The van der Waals surface area contributed by atoms with Crippen molar-refractivity contribution in [1.82, 2.24) is 0 Å². The number of hydrogen-bond donors (Lipinski definition) is 2. The number of hydrogen-bond acceptors (Lipinski definition) is 5. The summed E-state index contributed by atoms with van der Waals surface area (Å²) in [4.78, 5) is 38.5. The molecule has 150 valence electrons. The number of carboxylic acids is 1. The van der Waals surface area contributed by atoms with E-state index in [1.807, 2.05) is 19.9 Å². The first-order valence-corrected chi connectivity index (χ1v) is 9.32. The second-order valence-corrected chi connectivity index (χ2v) is 6.58. The molecule has 0 radical (unpaired) electrons. The number of amides is 1. The number of anilines is 2. The molecule has 0 unspecified atom stereocenters. The van der Waals surface area contributed by atoms with Crippen molar-refractivity contribution in [1.29, 1.82) is 0 Å². The van der Waals surface area contributed by atoms with Crippen LogP contribution in [-0.2, 0) is 0 Å². The van der Waals surface area contributed by atoms with Gasteiger partial charge < -0.3 is 19.7 Å². The summed E-state index contributed by atoms with van der Waals surface area (Å²) >= 11 is 0. The van der Waals surface area contributed by atoms with E-state index in [4.69, 9.17) is 4.42 Å². The number of fused-ring (bicyclic) bond motifs is 1. The number of rotatable bonds is 6. The van der Waals surface area contributed by atoms with E-state index >= 15 is 0 Å². The van der Waals surface area contributed by atoms with Crippen molar-refractivity contribution < 1.29 is 19.1 Å². The van der Waals surface area contributed by atoms with Crippen LogP contribution in [0, 0.1) is 6.92 Å². The van der Waals surface area contributed by atoms with Crippen molar-refractivity contribution in [3.05, 3.63) is 69.6 Å². The zero-order chi connectivity index (χ0) is 21.1. The molecule has 2 N–H and O–H groups in total. The number of carbonyl (C=O) groups excluding carboxylic acids is 1. The van der Waals surface area contributed by atoms with E-state index in [2.05, 4.69) is 10.2 Å². The minimum Gasteiger partial charge on any atom is -0.478 e. The fourth-order valence-electron chi connectivity index (χ4n) is 3.24. The lowest BCUT2D eigenvalue weighted by Gasteiger charge is -2.21. The molecule has 0 aliphatic heterocycles. The summed E-state index contributed by atoms with van der Waals surface area (Å²) in [6.07, 6.45) is 0. The third kappa shape index (κ3) is 3.99. The summed E-state index contributed by atoms with van der Waals surface area (Å²) in [7, 11) is 0. The number of aromatic carboxylic acids is 1. The van der Waals surface area contributed by atoms with E-state index in [1.54, 1.807) is 25.1 Å². The molecule has 2 aromatic carbocycles. The average Bonchev–Trinajstić information content (AvgIpc) is 2.69. The molecule has 0 aliphatic carbocycles. The van der Waals surface area contributed by atoms with Crippen LogP contribution in [0.4, 0.5) is 11.4 Å². The molecule has 0 saturated heterocycles. The maximum atomic E-state index is 12.7. The first-order chi connectivity index (χ1) is 13.8. The molecule has 7 nitrogen and oxygen atoms in total. The van der Waals surface area contributed by atoms with Crippen LogP contribution in [0.15, 0.2) is 51.7 Å². The van der Waals surface area contributed by atoms with Gasteiger partial charge in [0.25, 0.3) is 5.91 Å². The molecule has 1 heterocycles. The van der Waals surface area contributed by atoms with E-state index in [1.165, 1.54) is 18.2 Å². The number of carbonyl (C=O) groups is 2. The molecule has 29 heavy (non-hydrogen) atoms. The second kappa shape index (κ2) is 8.18. The van der Waals surface area contributed by atoms with E-state index < -0.39 is 17.5 Å². The van der Waals surface area contributed by atoms with Crippen LogP contribution in [0.3, 0.4) is 0 Å². The van der Waals surface area contributed by atoms with E-state index in [-0.39, 0.29) is 11.1 Å². The topological polar surface area (TPSA) is 99.9 Å². The van der Waals surface area contributed by atoms with E-state index in [9.17, 15) is 19.5 Å². The summed E-state index contributed by atoms with van der Waals surface area (Å²) in [5.74, 6) is -1.74. The zero-order valence-electron chi connectivity index (χ0n) is 16.5. The quantitative estimate of drug-likeness (QED) is 0.615. The molecule has 0 bridgehead atoms. The monoisotopic (exact) mass is 394 g/mol. The summed E-state index contributed by atoms with van der Waals surface area (Å²) in [6, 6.07) is 11.6. The van der Waals surface area contributed by atoms with Crippen LogP contribution in [0.25, 0.3) is 11.0 Å². The Kier molecular flexibility index (Phi) is 5.68. The number of nitrogens with zero attached hydrogens (tertiary/aromatic N) is 1. The standard InChI is InChI=1S/C22H22N2O5/c1-4-24(5-2)15-10-9-14-11-17(22(28)29-19(14)12-15)20(25)23-18-8-6-7-16(13(18)3)21(26)27/h6-12H,4-5H2,1-3H3,(H,23,25)(H,26,27). The third-order valence-electron chi connectivity index (χ3n) is 4.91. The molecule has 1 aromatic heterocycles. The first-order valence-electron chi connectivity index (χ1n) is 9.32. The molecule has 3 rings (SSSR count). The minimum atomic E-state index is -1.09. The highest BCUT2D eigenvalue weighted by Crippen LogP contribution is 2.23. The van der Waals surface area contributed by atoms with Crippen LogP contribution < -0.4 is 15.8 Å². The van der Waals surface area contributed by atoms with Crippen molar-refractivity contribution in [3.63, 3.8) is 0 Å². The summed E-state index contributed by atoms with van der Waals surface area (Å²) in [5, 5.41) is 12.5. The Morgan fingerprint density at radius 1 is 1.07 bits per heavy atom. The maximum Gasteiger partial charge on any atom is 0.349 e. The van der Waals surface area contributed by atoms with Crippen molar-refractivity contribution in [3.8, 4) is 0 Å². The van der Waals surface area contributed by atoms with Crippen molar-refractivity contribution in [2.24, 2.45) is 0 Å². The highest BCUT2D eigenvalue weighted by atomic mass is 16.4. The van der Waals surface area contributed by atoms with Crippen LogP contribution >= 0.6 is 0 Å². The Balaban J connectivity index is 1.96. The van der Waals surface area contributed by atoms with Gasteiger partial charge in [-0.1, -0.05) is 6.07 Å². The molecule has 3 aromatic rings. The largest absolute Gasteiger partial charge is 0.478 e. The predicted molar refractivity (Wildman–Crippen MR) is 112 cm³/mol. The Morgan fingerprint density at radius 2 is 1.79 bits per heavy atom. The number of nitrogens with one attached hydrogen (secondary N) is 1. The van der Waals surface area contributed by atoms with Gasteiger partial charge in [0.2, 0.25) is 0 Å². The molecule has 0 spiro atoms. The van der Waals surface area contributed by atoms with Crippen LogP contribution in [-0.4, -0.2) is 30.1 Å². The summed E-state index contributed by atoms with van der Waals surface area (Å²) in [6.45, 7) is 7.32. The summed E-state index contributed by atoms with van der Waals surface area (Å²) < 4.78 is 5.39. The van der Waals surface area contributed by atoms with Gasteiger partial charge in [0.1, 0.15) is 11.1 Å². The molecule has 0 fully saturated rings. The lowest BCUT2D eigenvalue weighted by Crippen LogP contribution is -2.22. The molecular formula is C22H22N2O5. The Morgan fingerprint density at radius 3 is 2.45 bits per heavy atom. The van der Waals surface area contributed by atoms with Gasteiger partial charge in [-0.2, -0.15) is 0 Å². The van der Waals surface area contributed by atoms with Gasteiger partial charge in [0.15, 0.2) is 0 Å². The number of benzene rings is 2. The Labute approximate surface area is 167 Å². The van der Waals surface area contributed by atoms with Gasteiger partial charge in [-0.3, -0.25) is 4.79 Å². The van der Waals surface area contributed by atoms with E-state index in [0.29, 0.717) is 22.2 Å². The lowest BCUT2D eigenvalue weighted by molar-refractivity contribution is 0.0695. The average molecular weight is 394 g/mol. The smallest absolute Gasteiger partial charge is 0.349 e. The highest BCUT2D eigenvalue weighted by molar-refractivity contribution is 6.06. The maximum absolute atomic E-state index is 12.7. The molecule has 1 amide bonds. The lowest BCUT2D eigenvalue weighted by atomic mass is 10.1. The minimum absolute atomic E-state index is 0.0808. The zero-order valence-corrected chi connectivity index (χ0v) is 16.5. The predicted octanol–water partition coefficient (Wildman–Crippen LogP) is 3.90. The fourth-order valence-corrected chi connectivity index (χ4v) is 3.24. The van der Waals surface area contributed by atoms with Crippen molar-refractivity contribution >= 4 is 34.2 Å². The van der Waals surface area contributed by atoms with Crippen LogP contribution in [0.5, 0.6) is 0 Å². The van der Waals surface area contributed by atoms with Crippen LogP contribution in [0.1, 0.15) is 40.1 Å². The molecule has 0 saturated carbocycles. The Bertz CT molecular complexity index is 1150. The van der Waals surface area contributed by atoms with Gasteiger partial charge in [-0.25, -0.2) is 9.59 Å². The molecule has 0 atom stereocenters. The summed E-state index contributed by atoms with van der Waals surface area (Å²) in [5.41, 5.74) is 1.25. The number of carboxylic acid groups (broad SMARTS) is 1. The Hall–Kier alpha value is -3.61. The third-order valence-corrected chi connectivity index (χ3v) is 4.91. The van der Waals surface area contributed by atoms with E-state index in [0.717, 1.165) is 18.8 Å². The van der Waals surface area contributed by atoms with Gasteiger partial charge in [-0.05, 0) is 56.7 Å². The second-order valence-electron chi connectivity index (χ2n) is 6.58. The normalized spacial score (nSPS) is 10.7. The molecule has 7 heteroatoms. The molecular weight excluding hydrogens is 372 g/mol. The fraction of sp³-hybridized carbons (Fsp3) is 0.227. The SMILES string of the molecule is CCN(CC)c1ccc2cc(C(=O)Nc3cccc(C(=O)O)c3C)c(=O)oc2c1. The van der Waals surface area contributed by atoms with Crippen molar-refractivity contribution in [2.75, 3.05) is 23.3 Å².